The summed E-state index contributed by atoms with van der Waals surface area (Å²) < 4.78 is 0. The first kappa shape index (κ1) is 11.1. The molecule has 0 saturated heterocycles. The molecule has 1 aliphatic rings. The van der Waals surface area contributed by atoms with Crippen molar-refractivity contribution in [2.45, 2.75) is 45.1 Å². The standard InChI is InChI=1S/C11H18N4O/c1-8(11-12-7-13-15-11)14-10(16)6-9-4-2-3-5-9/h7-9H,2-6H2,1H3,(H,14,16)(H,12,13,15). The average molecular weight is 222 g/mol. The van der Waals surface area contributed by atoms with Crippen molar-refractivity contribution in [2.75, 3.05) is 0 Å². The maximum atomic E-state index is 11.7. The molecule has 0 spiro atoms. The van der Waals surface area contributed by atoms with Crippen molar-refractivity contribution >= 4 is 5.91 Å². The van der Waals surface area contributed by atoms with E-state index in [1.165, 1.54) is 32.0 Å². The van der Waals surface area contributed by atoms with Gasteiger partial charge in [-0.05, 0) is 25.7 Å². The highest BCUT2D eigenvalue weighted by atomic mass is 16.1. The number of hydrogen-bond donors (Lipinski definition) is 2. The van der Waals surface area contributed by atoms with E-state index in [4.69, 9.17) is 0 Å². The molecule has 1 aromatic rings. The first-order chi connectivity index (χ1) is 7.75. The van der Waals surface area contributed by atoms with E-state index in [0.717, 1.165) is 0 Å². The Morgan fingerprint density at radius 2 is 2.38 bits per heavy atom. The smallest absolute Gasteiger partial charge is 0.220 e. The monoisotopic (exact) mass is 222 g/mol. The highest BCUT2D eigenvalue weighted by molar-refractivity contribution is 5.76. The van der Waals surface area contributed by atoms with Crippen molar-refractivity contribution in [3.8, 4) is 0 Å². The minimum absolute atomic E-state index is 0.0867. The Kier molecular flexibility index (Phi) is 3.54. The van der Waals surface area contributed by atoms with Gasteiger partial charge in [-0.15, -0.1) is 0 Å². The van der Waals surface area contributed by atoms with Crippen LogP contribution in [-0.2, 0) is 4.79 Å². The summed E-state index contributed by atoms with van der Waals surface area (Å²) in [5, 5.41) is 9.46. The van der Waals surface area contributed by atoms with E-state index in [1.807, 2.05) is 6.92 Å². The number of carbonyl (C=O) groups is 1. The fraction of sp³-hybridized carbons (Fsp3) is 0.727. The fourth-order valence-electron chi connectivity index (χ4n) is 2.27. The van der Waals surface area contributed by atoms with Gasteiger partial charge in [0.25, 0.3) is 0 Å². The van der Waals surface area contributed by atoms with E-state index in [-0.39, 0.29) is 11.9 Å². The molecule has 1 aliphatic carbocycles. The zero-order chi connectivity index (χ0) is 11.4. The summed E-state index contributed by atoms with van der Waals surface area (Å²) in [4.78, 5) is 15.8. The van der Waals surface area contributed by atoms with Gasteiger partial charge in [-0.3, -0.25) is 9.89 Å². The molecule has 5 heteroatoms. The molecule has 0 bridgehead atoms. The Hall–Kier alpha value is -1.39. The lowest BCUT2D eigenvalue weighted by Crippen LogP contribution is -2.28. The van der Waals surface area contributed by atoms with Crippen molar-refractivity contribution in [1.29, 1.82) is 0 Å². The molecule has 0 aliphatic heterocycles. The van der Waals surface area contributed by atoms with E-state index >= 15 is 0 Å². The number of hydrogen-bond acceptors (Lipinski definition) is 3. The molecule has 0 radical (unpaired) electrons. The molecule has 16 heavy (non-hydrogen) atoms. The van der Waals surface area contributed by atoms with Crippen LogP contribution in [0.3, 0.4) is 0 Å². The predicted molar refractivity (Wildman–Crippen MR) is 59.5 cm³/mol. The number of H-pyrrole nitrogens is 1. The first-order valence-corrected chi connectivity index (χ1v) is 5.90. The lowest BCUT2D eigenvalue weighted by atomic mass is 10.0. The zero-order valence-electron chi connectivity index (χ0n) is 9.57. The van der Waals surface area contributed by atoms with E-state index in [0.29, 0.717) is 18.2 Å². The Bertz CT molecular complexity index is 330. The lowest BCUT2D eigenvalue weighted by molar-refractivity contribution is -0.122. The molecule has 2 rings (SSSR count). The second-order valence-electron chi connectivity index (χ2n) is 4.51. The van der Waals surface area contributed by atoms with Gasteiger partial charge < -0.3 is 5.32 Å². The van der Waals surface area contributed by atoms with E-state index in [9.17, 15) is 4.79 Å². The van der Waals surface area contributed by atoms with Crippen molar-refractivity contribution in [3.05, 3.63) is 12.2 Å². The number of aromatic amines is 1. The van der Waals surface area contributed by atoms with Gasteiger partial charge in [-0.2, -0.15) is 5.10 Å². The predicted octanol–water partition coefficient (Wildman–Crippen LogP) is 1.56. The van der Waals surface area contributed by atoms with Crippen molar-refractivity contribution in [3.63, 3.8) is 0 Å². The molecular weight excluding hydrogens is 204 g/mol. The summed E-state index contributed by atoms with van der Waals surface area (Å²) in [6, 6.07) is -0.0867. The molecule has 0 aromatic carbocycles. The van der Waals surface area contributed by atoms with E-state index < -0.39 is 0 Å². The van der Waals surface area contributed by atoms with E-state index in [2.05, 4.69) is 20.5 Å². The first-order valence-electron chi connectivity index (χ1n) is 5.90. The Morgan fingerprint density at radius 1 is 1.62 bits per heavy atom. The minimum Gasteiger partial charge on any atom is -0.346 e. The van der Waals surface area contributed by atoms with E-state index in [1.54, 1.807) is 0 Å². The third kappa shape index (κ3) is 2.81. The molecule has 1 atom stereocenters. The van der Waals surface area contributed by atoms with Gasteiger partial charge in [0.05, 0.1) is 6.04 Å². The average Bonchev–Trinajstić information content (AvgIpc) is 2.88. The third-order valence-electron chi connectivity index (χ3n) is 3.17. The van der Waals surface area contributed by atoms with Crippen molar-refractivity contribution in [2.24, 2.45) is 5.92 Å². The molecular formula is C11H18N4O. The lowest BCUT2D eigenvalue weighted by Gasteiger charge is -2.13. The Balaban J connectivity index is 1.78. The van der Waals surface area contributed by atoms with Crippen LogP contribution < -0.4 is 5.32 Å². The minimum atomic E-state index is -0.0867. The molecule has 1 unspecified atom stereocenters. The number of nitrogens with zero attached hydrogens (tertiary/aromatic N) is 2. The second-order valence-corrected chi connectivity index (χ2v) is 4.51. The number of nitrogens with one attached hydrogen (secondary N) is 2. The van der Waals surface area contributed by atoms with Gasteiger partial charge in [-0.25, -0.2) is 4.98 Å². The van der Waals surface area contributed by atoms with Crippen LogP contribution in [0.4, 0.5) is 0 Å². The van der Waals surface area contributed by atoms with Crippen LogP contribution in [0.15, 0.2) is 6.33 Å². The highest BCUT2D eigenvalue weighted by Gasteiger charge is 2.20. The van der Waals surface area contributed by atoms with Crippen LogP contribution in [-0.4, -0.2) is 21.1 Å². The van der Waals surface area contributed by atoms with Crippen LogP contribution in [0.2, 0.25) is 0 Å². The summed E-state index contributed by atoms with van der Waals surface area (Å²) in [6.07, 6.45) is 7.05. The molecule has 1 amide bonds. The Labute approximate surface area is 95.0 Å². The summed E-state index contributed by atoms with van der Waals surface area (Å²) in [7, 11) is 0. The Morgan fingerprint density at radius 3 is 3.00 bits per heavy atom. The SMILES string of the molecule is CC(NC(=O)CC1CCCC1)c1ncn[nH]1. The summed E-state index contributed by atoms with van der Waals surface area (Å²) in [6.45, 7) is 1.91. The molecule has 1 saturated carbocycles. The van der Waals surface area contributed by atoms with Crippen molar-refractivity contribution in [1.82, 2.24) is 20.5 Å². The van der Waals surface area contributed by atoms with Gasteiger partial charge in [0.1, 0.15) is 12.2 Å². The molecule has 1 aromatic heterocycles. The van der Waals surface area contributed by atoms with Gasteiger partial charge in [0, 0.05) is 6.42 Å². The topological polar surface area (TPSA) is 70.7 Å². The summed E-state index contributed by atoms with van der Waals surface area (Å²) in [5.41, 5.74) is 0. The van der Waals surface area contributed by atoms with Crippen molar-refractivity contribution < 1.29 is 4.79 Å². The van der Waals surface area contributed by atoms with Gasteiger partial charge in [-0.1, -0.05) is 12.8 Å². The fourth-order valence-corrected chi connectivity index (χ4v) is 2.27. The second kappa shape index (κ2) is 5.09. The maximum absolute atomic E-state index is 11.7. The number of carbonyl (C=O) groups excluding carboxylic acids is 1. The molecule has 5 nitrogen and oxygen atoms in total. The number of aromatic nitrogens is 3. The molecule has 2 N–H and O–H groups in total. The zero-order valence-corrected chi connectivity index (χ0v) is 9.57. The molecule has 1 fully saturated rings. The van der Waals surface area contributed by atoms with Crippen LogP contribution in [0, 0.1) is 5.92 Å². The van der Waals surface area contributed by atoms with Crippen LogP contribution in [0.5, 0.6) is 0 Å². The van der Waals surface area contributed by atoms with Crippen LogP contribution in [0.1, 0.15) is 50.9 Å². The van der Waals surface area contributed by atoms with Crippen LogP contribution >= 0.6 is 0 Å². The third-order valence-corrected chi connectivity index (χ3v) is 3.17. The van der Waals surface area contributed by atoms with Gasteiger partial charge in [0.15, 0.2) is 0 Å². The van der Waals surface area contributed by atoms with Gasteiger partial charge in [0.2, 0.25) is 5.91 Å². The molecule has 88 valence electrons. The maximum Gasteiger partial charge on any atom is 0.220 e. The van der Waals surface area contributed by atoms with Crippen LogP contribution in [0.25, 0.3) is 0 Å². The highest BCUT2D eigenvalue weighted by Crippen LogP contribution is 2.27. The summed E-state index contributed by atoms with van der Waals surface area (Å²) >= 11 is 0. The number of amides is 1. The largest absolute Gasteiger partial charge is 0.346 e. The quantitative estimate of drug-likeness (QED) is 0.812. The van der Waals surface area contributed by atoms with Gasteiger partial charge >= 0.3 is 0 Å². The molecule has 1 heterocycles. The summed E-state index contributed by atoms with van der Waals surface area (Å²) in [5.74, 6) is 1.41. The normalized spacial score (nSPS) is 18.6. The number of rotatable bonds is 4.